The second-order valence-corrected chi connectivity index (χ2v) is 15.8. The minimum absolute atomic E-state index is 0.0942. The van der Waals surface area contributed by atoms with Crippen molar-refractivity contribution in [2.24, 2.45) is 0 Å². The van der Waals surface area contributed by atoms with Gasteiger partial charge in [-0.3, -0.25) is 0 Å². The van der Waals surface area contributed by atoms with Crippen molar-refractivity contribution in [3.8, 4) is 33.4 Å². The van der Waals surface area contributed by atoms with Crippen molar-refractivity contribution >= 4 is 49.4 Å². The number of rotatable bonds is 8. The smallest absolute Gasteiger partial charge is 0.0468 e. The van der Waals surface area contributed by atoms with E-state index in [4.69, 9.17) is 0 Å². The van der Waals surface area contributed by atoms with E-state index in [-0.39, 0.29) is 5.41 Å². The molecule has 0 N–H and O–H groups in total. The largest absolute Gasteiger partial charge is 0.310 e. The first-order valence-electron chi connectivity index (χ1n) is 20.2. The Hall–Kier alpha value is -7.22. The van der Waals surface area contributed by atoms with Crippen molar-refractivity contribution in [2.45, 2.75) is 19.3 Å². The highest BCUT2D eigenvalue weighted by Gasteiger charge is 2.23. The normalized spacial score (nSPS) is 11.6. The Morgan fingerprint density at radius 2 is 0.724 bits per heavy atom. The van der Waals surface area contributed by atoms with Crippen molar-refractivity contribution in [3.05, 3.63) is 236 Å². The molecule has 0 amide bonds. The molecule has 276 valence electrons. The molecule has 0 fully saturated rings. The maximum atomic E-state index is 2.39. The second kappa shape index (κ2) is 14.7. The number of nitrogens with zero attached hydrogens (tertiary/aromatic N) is 1. The van der Waals surface area contributed by atoms with Crippen LogP contribution in [0.15, 0.2) is 224 Å². The zero-order valence-corrected chi connectivity index (χ0v) is 32.8. The molecule has 0 aromatic heterocycles. The number of hydrogen-bond donors (Lipinski definition) is 0. The Kier molecular flexibility index (Phi) is 8.92. The fourth-order valence-electron chi connectivity index (χ4n) is 8.62. The summed E-state index contributed by atoms with van der Waals surface area (Å²) in [4.78, 5) is 2.39. The van der Waals surface area contributed by atoms with E-state index in [0.29, 0.717) is 0 Å². The fraction of sp³-hybridized carbons (Fsp3) is 0.0526. The molecule has 10 aromatic rings. The van der Waals surface area contributed by atoms with Gasteiger partial charge in [0.1, 0.15) is 0 Å². The summed E-state index contributed by atoms with van der Waals surface area (Å²) < 4.78 is 0. The summed E-state index contributed by atoms with van der Waals surface area (Å²) in [5.74, 6) is 0. The first-order valence-corrected chi connectivity index (χ1v) is 20.2. The van der Waals surface area contributed by atoms with E-state index in [1.54, 1.807) is 0 Å². The SMILES string of the molecule is CC(C)(c1ccccc1)c1ccc(-c2cccc(N(c3ccc(-c4ccc(-c5ccccc5)cc4)cc3)c3ccc4c(ccc5c6ccccc6ccc45)c3)c2)cc1. The summed E-state index contributed by atoms with van der Waals surface area (Å²) in [7, 11) is 0. The van der Waals surface area contributed by atoms with Gasteiger partial charge in [-0.1, -0.05) is 202 Å². The topological polar surface area (TPSA) is 3.24 Å². The molecule has 10 rings (SSSR count). The third-order valence-electron chi connectivity index (χ3n) is 12.0. The minimum atomic E-state index is -0.0942. The van der Waals surface area contributed by atoms with Crippen LogP contribution in [0, 0.1) is 0 Å². The Morgan fingerprint density at radius 1 is 0.276 bits per heavy atom. The minimum Gasteiger partial charge on any atom is -0.310 e. The Labute approximate surface area is 341 Å². The van der Waals surface area contributed by atoms with E-state index in [0.717, 1.165) is 17.1 Å². The molecule has 0 heterocycles. The van der Waals surface area contributed by atoms with E-state index in [1.165, 1.54) is 76.8 Å². The van der Waals surface area contributed by atoms with Gasteiger partial charge in [-0.2, -0.15) is 0 Å². The van der Waals surface area contributed by atoms with E-state index in [1.807, 2.05) is 0 Å². The van der Waals surface area contributed by atoms with Crippen molar-refractivity contribution in [1.82, 2.24) is 0 Å². The summed E-state index contributed by atoms with van der Waals surface area (Å²) in [6, 6.07) is 81.9. The van der Waals surface area contributed by atoms with Crippen LogP contribution in [0.3, 0.4) is 0 Å². The molecule has 0 radical (unpaired) electrons. The molecule has 0 unspecified atom stereocenters. The highest BCUT2D eigenvalue weighted by Crippen LogP contribution is 2.41. The molecule has 0 bridgehead atoms. The molecular weight excluding hydrogens is 699 g/mol. The maximum Gasteiger partial charge on any atom is 0.0468 e. The summed E-state index contributed by atoms with van der Waals surface area (Å²) >= 11 is 0. The van der Waals surface area contributed by atoms with Crippen LogP contribution in [0.4, 0.5) is 17.1 Å². The predicted molar refractivity (Wildman–Crippen MR) is 249 cm³/mol. The summed E-state index contributed by atoms with van der Waals surface area (Å²) in [6.45, 7) is 4.60. The molecule has 0 spiro atoms. The molecule has 0 saturated carbocycles. The van der Waals surface area contributed by atoms with Crippen LogP contribution in [0.2, 0.25) is 0 Å². The maximum absolute atomic E-state index is 2.39. The lowest BCUT2D eigenvalue weighted by Gasteiger charge is -2.27. The molecule has 58 heavy (non-hydrogen) atoms. The molecule has 0 aliphatic carbocycles. The van der Waals surface area contributed by atoms with Gasteiger partial charge in [0, 0.05) is 22.5 Å². The van der Waals surface area contributed by atoms with Crippen LogP contribution < -0.4 is 4.90 Å². The standard InChI is InChI=1S/C57H43N/c1-57(2,48-16-7-4-8-17-48)49-30-24-44(25-31-49)46-15-11-18-51(38-46)58(50-32-26-43(27-33-50)42-22-20-41(21-23-42)40-12-5-3-6-13-40)52-34-37-54-47(39-52)29-36-55-53-19-10-9-14-45(53)28-35-56(54)55/h3-39H,1-2H3. The number of hydrogen-bond acceptors (Lipinski definition) is 1. The quantitative estimate of drug-likeness (QED) is 0.140. The van der Waals surface area contributed by atoms with Gasteiger partial charge in [-0.15, -0.1) is 0 Å². The lowest BCUT2D eigenvalue weighted by atomic mass is 9.78. The monoisotopic (exact) mass is 741 g/mol. The summed E-state index contributed by atoms with van der Waals surface area (Å²) in [6.07, 6.45) is 0. The van der Waals surface area contributed by atoms with Crippen LogP contribution in [-0.2, 0) is 5.41 Å². The molecular formula is C57H43N. The van der Waals surface area contributed by atoms with Crippen LogP contribution in [0.5, 0.6) is 0 Å². The Balaban J connectivity index is 1.04. The van der Waals surface area contributed by atoms with Gasteiger partial charge >= 0.3 is 0 Å². The van der Waals surface area contributed by atoms with E-state index < -0.39 is 0 Å². The highest BCUT2D eigenvalue weighted by molar-refractivity contribution is 6.17. The van der Waals surface area contributed by atoms with Crippen LogP contribution in [0.25, 0.3) is 65.7 Å². The lowest BCUT2D eigenvalue weighted by molar-refractivity contribution is 0.641. The first-order chi connectivity index (χ1) is 28.5. The number of anilines is 3. The van der Waals surface area contributed by atoms with Crippen LogP contribution in [-0.4, -0.2) is 0 Å². The van der Waals surface area contributed by atoms with Gasteiger partial charge in [-0.25, -0.2) is 0 Å². The zero-order valence-electron chi connectivity index (χ0n) is 32.8. The second-order valence-electron chi connectivity index (χ2n) is 15.8. The van der Waals surface area contributed by atoms with Crippen LogP contribution in [0.1, 0.15) is 25.0 Å². The first kappa shape index (κ1) is 35.2. The molecule has 1 heteroatoms. The molecule has 0 saturated heterocycles. The van der Waals surface area contributed by atoms with Crippen LogP contribution >= 0.6 is 0 Å². The predicted octanol–water partition coefficient (Wildman–Crippen LogP) is 15.9. The molecule has 10 aromatic carbocycles. The average Bonchev–Trinajstić information content (AvgIpc) is 3.30. The average molecular weight is 742 g/mol. The van der Waals surface area contributed by atoms with E-state index in [9.17, 15) is 0 Å². The van der Waals surface area contributed by atoms with Gasteiger partial charge in [-0.05, 0) is 113 Å². The summed E-state index contributed by atoms with van der Waals surface area (Å²) in [5.41, 5.74) is 13.1. The molecule has 0 aliphatic rings. The van der Waals surface area contributed by atoms with Gasteiger partial charge in [0.2, 0.25) is 0 Å². The molecule has 0 atom stereocenters. The fourth-order valence-corrected chi connectivity index (χ4v) is 8.62. The zero-order chi connectivity index (χ0) is 39.1. The third kappa shape index (κ3) is 6.51. The van der Waals surface area contributed by atoms with E-state index in [2.05, 4.69) is 243 Å². The van der Waals surface area contributed by atoms with Crippen molar-refractivity contribution in [1.29, 1.82) is 0 Å². The van der Waals surface area contributed by atoms with Crippen molar-refractivity contribution in [3.63, 3.8) is 0 Å². The van der Waals surface area contributed by atoms with Crippen molar-refractivity contribution < 1.29 is 0 Å². The molecule has 1 nitrogen and oxygen atoms in total. The van der Waals surface area contributed by atoms with Crippen molar-refractivity contribution in [2.75, 3.05) is 4.90 Å². The summed E-state index contributed by atoms with van der Waals surface area (Å²) in [5, 5.41) is 7.59. The van der Waals surface area contributed by atoms with E-state index >= 15 is 0 Å². The van der Waals surface area contributed by atoms with Gasteiger partial charge < -0.3 is 4.90 Å². The van der Waals surface area contributed by atoms with Gasteiger partial charge in [0.05, 0.1) is 0 Å². The van der Waals surface area contributed by atoms with Gasteiger partial charge in [0.25, 0.3) is 0 Å². The number of fused-ring (bicyclic) bond motifs is 5. The Bertz CT molecular complexity index is 3030. The number of benzene rings is 10. The highest BCUT2D eigenvalue weighted by atomic mass is 15.1. The molecule has 0 aliphatic heterocycles. The lowest BCUT2D eigenvalue weighted by Crippen LogP contribution is -2.18. The third-order valence-corrected chi connectivity index (χ3v) is 12.0. The Morgan fingerprint density at radius 3 is 1.41 bits per heavy atom. The van der Waals surface area contributed by atoms with Gasteiger partial charge in [0.15, 0.2) is 0 Å².